The zero-order chi connectivity index (χ0) is 15.1. The van der Waals surface area contributed by atoms with Crippen molar-refractivity contribution in [1.29, 1.82) is 0 Å². The molecule has 21 heavy (non-hydrogen) atoms. The number of rotatable bonds is 3. The first-order valence-electron chi connectivity index (χ1n) is 7.37. The minimum Gasteiger partial charge on any atom is -0.398 e. The summed E-state index contributed by atoms with van der Waals surface area (Å²) < 4.78 is 1.99. The van der Waals surface area contributed by atoms with E-state index in [-0.39, 0.29) is 0 Å². The van der Waals surface area contributed by atoms with Crippen molar-refractivity contribution < 1.29 is 0 Å². The van der Waals surface area contributed by atoms with Gasteiger partial charge in [0.05, 0.1) is 23.0 Å². The Hall–Kier alpha value is -1.68. The molecule has 2 aromatic rings. The van der Waals surface area contributed by atoms with Crippen LogP contribution in [0.4, 0.5) is 11.4 Å². The standard InChI is InChI=1S/C16H21ClN4/c1-4-21-15(16(17)11(3)19-21)9-20-6-5-12-7-10(2)13(18)8-14(12)20/h7-8H,4-6,9,18H2,1-3H3. The second-order valence-electron chi connectivity index (χ2n) is 5.67. The van der Waals surface area contributed by atoms with E-state index < -0.39 is 0 Å². The average Bonchev–Trinajstić information content (AvgIpc) is 2.96. The first kappa shape index (κ1) is 14.3. The number of benzene rings is 1. The van der Waals surface area contributed by atoms with Crippen molar-refractivity contribution in [2.45, 2.75) is 40.3 Å². The number of nitrogens with zero attached hydrogens (tertiary/aromatic N) is 3. The Morgan fingerprint density at radius 1 is 1.33 bits per heavy atom. The van der Waals surface area contributed by atoms with Crippen molar-refractivity contribution >= 4 is 23.0 Å². The molecule has 1 aromatic carbocycles. The predicted octanol–water partition coefficient (Wildman–Crippen LogP) is 3.32. The van der Waals surface area contributed by atoms with Crippen LogP contribution in [-0.2, 0) is 19.5 Å². The minimum atomic E-state index is 0.781. The first-order valence-corrected chi connectivity index (χ1v) is 7.74. The van der Waals surface area contributed by atoms with Crippen molar-refractivity contribution in [3.05, 3.63) is 39.7 Å². The zero-order valence-corrected chi connectivity index (χ0v) is 13.5. The van der Waals surface area contributed by atoms with Crippen molar-refractivity contribution in [3.63, 3.8) is 0 Å². The quantitative estimate of drug-likeness (QED) is 0.885. The maximum absolute atomic E-state index is 6.42. The van der Waals surface area contributed by atoms with Crippen LogP contribution in [0.15, 0.2) is 12.1 Å². The van der Waals surface area contributed by atoms with Crippen molar-refractivity contribution in [2.75, 3.05) is 17.2 Å². The molecule has 0 saturated heterocycles. The highest BCUT2D eigenvalue weighted by Crippen LogP contribution is 2.34. The molecule has 2 heterocycles. The van der Waals surface area contributed by atoms with E-state index in [2.05, 4.69) is 36.0 Å². The molecule has 1 aliphatic heterocycles. The lowest BCUT2D eigenvalue weighted by Gasteiger charge is -2.21. The van der Waals surface area contributed by atoms with Gasteiger partial charge in [-0.2, -0.15) is 5.10 Å². The van der Waals surface area contributed by atoms with Gasteiger partial charge in [-0.1, -0.05) is 17.7 Å². The van der Waals surface area contributed by atoms with Crippen LogP contribution in [0.25, 0.3) is 0 Å². The van der Waals surface area contributed by atoms with E-state index in [1.165, 1.54) is 11.3 Å². The van der Waals surface area contributed by atoms with Gasteiger partial charge in [-0.05, 0) is 44.4 Å². The van der Waals surface area contributed by atoms with Gasteiger partial charge in [0.2, 0.25) is 0 Å². The number of nitrogen functional groups attached to an aromatic ring is 1. The van der Waals surface area contributed by atoms with Crippen LogP contribution in [0.2, 0.25) is 5.02 Å². The normalized spacial score (nSPS) is 13.8. The fourth-order valence-corrected chi connectivity index (χ4v) is 3.20. The monoisotopic (exact) mass is 304 g/mol. The molecule has 112 valence electrons. The maximum Gasteiger partial charge on any atom is 0.0865 e. The van der Waals surface area contributed by atoms with Gasteiger partial charge in [0.15, 0.2) is 0 Å². The molecule has 0 amide bonds. The van der Waals surface area contributed by atoms with E-state index >= 15 is 0 Å². The number of nitrogens with two attached hydrogens (primary N) is 1. The number of anilines is 2. The molecule has 4 nitrogen and oxygen atoms in total. The molecule has 0 aliphatic carbocycles. The van der Waals surface area contributed by atoms with Gasteiger partial charge in [-0.3, -0.25) is 4.68 Å². The Labute approximate surface area is 130 Å². The molecule has 0 atom stereocenters. The van der Waals surface area contributed by atoms with Crippen LogP contribution in [0.3, 0.4) is 0 Å². The van der Waals surface area contributed by atoms with Crippen LogP contribution in [0, 0.1) is 13.8 Å². The van der Waals surface area contributed by atoms with Crippen molar-refractivity contribution in [3.8, 4) is 0 Å². The second-order valence-corrected chi connectivity index (χ2v) is 6.05. The Morgan fingerprint density at radius 3 is 2.81 bits per heavy atom. The summed E-state index contributed by atoms with van der Waals surface area (Å²) in [7, 11) is 0. The lowest BCUT2D eigenvalue weighted by Crippen LogP contribution is -2.22. The molecular weight excluding hydrogens is 284 g/mol. The molecule has 0 radical (unpaired) electrons. The minimum absolute atomic E-state index is 0.781. The lowest BCUT2D eigenvalue weighted by molar-refractivity contribution is 0.609. The van der Waals surface area contributed by atoms with Gasteiger partial charge in [-0.15, -0.1) is 0 Å². The molecule has 1 aliphatic rings. The summed E-state index contributed by atoms with van der Waals surface area (Å²) in [6, 6.07) is 4.29. The molecule has 0 spiro atoms. The summed E-state index contributed by atoms with van der Waals surface area (Å²) >= 11 is 6.42. The Bertz CT molecular complexity index is 690. The maximum atomic E-state index is 6.42. The second kappa shape index (κ2) is 5.26. The largest absolute Gasteiger partial charge is 0.398 e. The number of halogens is 1. The third-order valence-electron chi connectivity index (χ3n) is 4.25. The Kier molecular flexibility index (Phi) is 3.57. The summed E-state index contributed by atoms with van der Waals surface area (Å²) in [5.74, 6) is 0. The molecule has 0 saturated carbocycles. The van der Waals surface area contributed by atoms with Crippen LogP contribution in [0.5, 0.6) is 0 Å². The van der Waals surface area contributed by atoms with E-state index in [4.69, 9.17) is 17.3 Å². The molecule has 0 bridgehead atoms. The zero-order valence-electron chi connectivity index (χ0n) is 12.8. The number of aryl methyl sites for hydroxylation is 3. The van der Waals surface area contributed by atoms with E-state index in [1.54, 1.807) is 0 Å². The smallest absolute Gasteiger partial charge is 0.0865 e. The Balaban J connectivity index is 1.94. The van der Waals surface area contributed by atoms with Crippen LogP contribution < -0.4 is 10.6 Å². The van der Waals surface area contributed by atoms with Crippen LogP contribution in [-0.4, -0.2) is 16.3 Å². The SMILES string of the molecule is CCn1nc(C)c(Cl)c1CN1CCc2cc(C)c(N)cc21. The van der Waals surface area contributed by atoms with Gasteiger partial charge >= 0.3 is 0 Å². The summed E-state index contributed by atoms with van der Waals surface area (Å²) in [5, 5.41) is 5.27. The van der Waals surface area contributed by atoms with E-state index in [1.807, 2.05) is 11.6 Å². The van der Waals surface area contributed by atoms with E-state index in [9.17, 15) is 0 Å². The summed E-state index contributed by atoms with van der Waals surface area (Å²) in [6.45, 7) is 8.72. The van der Waals surface area contributed by atoms with Crippen molar-refractivity contribution in [2.24, 2.45) is 0 Å². The van der Waals surface area contributed by atoms with Crippen LogP contribution >= 0.6 is 11.6 Å². The van der Waals surface area contributed by atoms with E-state index in [0.29, 0.717) is 0 Å². The third kappa shape index (κ3) is 2.38. The number of aromatic nitrogens is 2. The highest BCUT2D eigenvalue weighted by Gasteiger charge is 2.23. The fourth-order valence-electron chi connectivity index (χ4n) is 3.01. The van der Waals surface area contributed by atoms with Gasteiger partial charge in [0, 0.05) is 24.5 Å². The van der Waals surface area contributed by atoms with Gasteiger partial charge in [0.25, 0.3) is 0 Å². The first-order chi connectivity index (χ1) is 10.0. The van der Waals surface area contributed by atoms with Crippen molar-refractivity contribution in [1.82, 2.24) is 9.78 Å². The number of fused-ring (bicyclic) bond motifs is 1. The molecule has 3 rings (SSSR count). The highest BCUT2D eigenvalue weighted by atomic mass is 35.5. The molecule has 2 N–H and O–H groups in total. The third-order valence-corrected chi connectivity index (χ3v) is 4.74. The summed E-state index contributed by atoms with van der Waals surface area (Å²) in [5.41, 5.74) is 12.7. The van der Waals surface area contributed by atoms with Gasteiger partial charge in [0.1, 0.15) is 0 Å². The van der Waals surface area contributed by atoms with Gasteiger partial charge in [-0.25, -0.2) is 0 Å². The van der Waals surface area contributed by atoms with Gasteiger partial charge < -0.3 is 10.6 Å². The molecule has 5 heteroatoms. The predicted molar refractivity (Wildman–Crippen MR) is 88.0 cm³/mol. The average molecular weight is 305 g/mol. The lowest BCUT2D eigenvalue weighted by atomic mass is 10.1. The Morgan fingerprint density at radius 2 is 2.10 bits per heavy atom. The molecular formula is C16H21ClN4. The highest BCUT2D eigenvalue weighted by molar-refractivity contribution is 6.31. The number of hydrogen-bond donors (Lipinski definition) is 1. The molecule has 0 unspecified atom stereocenters. The number of hydrogen-bond acceptors (Lipinski definition) is 3. The topological polar surface area (TPSA) is 47.1 Å². The summed E-state index contributed by atoms with van der Waals surface area (Å²) in [6.07, 6.45) is 1.06. The fraction of sp³-hybridized carbons (Fsp3) is 0.438. The summed E-state index contributed by atoms with van der Waals surface area (Å²) in [4.78, 5) is 2.35. The van der Waals surface area contributed by atoms with Crippen LogP contribution in [0.1, 0.15) is 29.4 Å². The van der Waals surface area contributed by atoms with E-state index in [0.717, 1.165) is 53.7 Å². The molecule has 1 aromatic heterocycles. The molecule has 0 fully saturated rings.